The topological polar surface area (TPSA) is 17.1 Å². The van der Waals surface area contributed by atoms with Crippen molar-refractivity contribution in [2.45, 2.75) is 31.0 Å². The van der Waals surface area contributed by atoms with Gasteiger partial charge in [-0.05, 0) is 36.8 Å². The van der Waals surface area contributed by atoms with Crippen LogP contribution in [-0.2, 0) is 0 Å². The van der Waals surface area contributed by atoms with Crippen LogP contribution in [-0.4, -0.2) is 10.1 Å². The molecule has 1 unspecified atom stereocenters. The summed E-state index contributed by atoms with van der Waals surface area (Å²) in [5, 5.41) is 0.545. The first-order valence-electron chi connectivity index (χ1n) is 5.93. The van der Waals surface area contributed by atoms with Crippen molar-refractivity contribution in [3.8, 4) is 0 Å². The number of ketones is 1. The van der Waals surface area contributed by atoms with E-state index in [0.29, 0.717) is 22.4 Å². The van der Waals surface area contributed by atoms with Gasteiger partial charge >= 0.3 is 0 Å². The van der Waals surface area contributed by atoms with Gasteiger partial charge in [0, 0.05) is 5.56 Å². The first-order valence-corrected chi connectivity index (χ1v) is 7.10. The Morgan fingerprint density at radius 3 is 2.59 bits per heavy atom. The Morgan fingerprint density at radius 2 is 2.06 bits per heavy atom. The van der Waals surface area contributed by atoms with Crippen LogP contribution >= 0.6 is 27.5 Å². The molecule has 17 heavy (non-hydrogen) atoms. The Labute approximate surface area is 116 Å². The number of Topliss-reactive ketones (excluding diaryl/α,β-unsaturated/α-hetero) is 1. The molecule has 1 aliphatic rings. The molecule has 2 rings (SSSR count). The second-order valence-electron chi connectivity index (χ2n) is 5.12. The predicted molar refractivity (Wildman–Crippen MR) is 75.0 cm³/mol. The van der Waals surface area contributed by atoms with Crippen LogP contribution in [0.25, 0.3) is 0 Å². The van der Waals surface area contributed by atoms with Crippen LogP contribution in [0.2, 0.25) is 5.02 Å². The van der Waals surface area contributed by atoms with E-state index in [2.05, 4.69) is 29.8 Å². The van der Waals surface area contributed by atoms with Crippen molar-refractivity contribution in [3.63, 3.8) is 0 Å². The van der Waals surface area contributed by atoms with Gasteiger partial charge in [0.2, 0.25) is 0 Å². The van der Waals surface area contributed by atoms with E-state index in [9.17, 15) is 4.79 Å². The molecule has 1 aliphatic carbocycles. The molecule has 0 aliphatic heterocycles. The summed E-state index contributed by atoms with van der Waals surface area (Å²) in [7, 11) is 0. The number of carbonyl (C=O) groups is 1. The second kappa shape index (κ2) is 4.74. The number of hydrogen-bond donors (Lipinski definition) is 0. The number of hydrogen-bond acceptors (Lipinski definition) is 1. The summed E-state index contributed by atoms with van der Waals surface area (Å²) in [5.74, 6) is 1.05. The highest BCUT2D eigenvalue weighted by Gasteiger charge is 2.47. The lowest BCUT2D eigenvalue weighted by atomic mass is 9.89. The fourth-order valence-electron chi connectivity index (χ4n) is 2.77. The molecular weight excluding hydrogens is 300 g/mol. The third-order valence-corrected chi connectivity index (χ3v) is 5.47. The number of halogens is 2. The van der Waals surface area contributed by atoms with Crippen LogP contribution < -0.4 is 0 Å². The Balaban J connectivity index is 2.35. The molecule has 1 saturated carbocycles. The number of carbonyl (C=O) groups excluding carboxylic acids is 1. The fourth-order valence-corrected chi connectivity index (χ4v) is 3.94. The van der Waals surface area contributed by atoms with Crippen LogP contribution in [0, 0.1) is 11.8 Å². The molecule has 1 nitrogen and oxygen atoms in total. The monoisotopic (exact) mass is 314 g/mol. The molecular formula is C14H16BrClO. The molecule has 0 aromatic heterocycles. The average Bonchev–Trinajstić information content (AvgIpc) is 2.53. The number of alkyl halides is 1. The Hall–Kier alpha value is -0.340. The minimum Gasteiger partial charge on any atom is -0.293 e. The van der Waals surface area contributed by atoms with E-state index >= 15 is 0 Å². The standard InChI is InChI=1S/C14H16BrClO/c1-9-7-10(2)14(15,8-9)13(17)11-5-3-4-6-12(11)16/h3-6,9-10H,7-8H2,1-2H3/t9-,10+,14?/m0/s1. The molecule has 92 valence electrons. The summed E-state index contributed by atoms with van der Waals surface area (Å²) in [6.07, 6.45) is 1.97. The van der Waals surface area contributed by atoms with Crippen LogP contribution in [0.5, 0.6) is 0 Å². The maximum atomic E-state index is 12.6. The largest absolute Gasteiger partial charge is 0.293 e. The van der Waals surface area contributed by atoms with Gasteiger partial charge in [-0.1, -0.05) is 53.5 Å². The molecule has 3 atom stereocenters. The summed E-state index contributed by atoms with van der Waals surface area (Å²) in [6.45, 7) is 4.33. The van der Waals surface area contributed by atoms with Crippen molar-refractivity contribution in [2.75, 3.05) is 0 Å². The van der Waals surface area contributed by atoms with Gasteiger partial charge in [0.1, 0.15) is 0 Å². The number of rotatable bonds is 2. The van der Waals surface area contributed by atoms with Crippen molar-refractivity contribution >= 4 is 33.3 Å². The number of benzene rings is 1. The van der Waals surface area contributed by atoms with Crippen LogP contribution in [0.15, 0.2) is 24.3 Å². The molecule has 0 N–H and O–H groups in total. The van der Waals surface area contributed by atoms with Crippen molar-refractivity contribution < 1.29 is 4.79 Å². The predicted octanol–water partition coefficient (Wildman–Crippen LogP) is 4.72. The SMILES string of the molecule is C[C@H]1C[C@@H](C)C(Br)(C(=O)c2ccccc2Cl)C1. The molecule has 0 heterocycles. The van der Waals surface area contributed by atoms with Gasteiger partial charge in [-0.2, -0.15) is 0 Å². The quantitative estimate of drug-likeness (QED) is 0.570. The maximum absolute atomic E-state index is 12.6. The second-order valence-corrected chi connectivity index (χ2v) is 6.94. The fraction of sp³-hybridized carbons (Fsp3) is 0.500. The van der Waals surface area contributed by atoms with E-state index in [4.69, 9.17) is 11.6 Å². The van der Waals surface area contributed by atoms with Crippen molar-refractivity contribution in [3.05, 3.63) is 34.9 Å². The third-order valence-electron chi connectivity index (χ3n) is 3.68. The van der Waals surface area contributed by atoms with Gasteiger partial charge in [-0.15, -0.1) is 0 Å². The zero-order valence-electron chi connectivity index (χ0n) is 10.0. The van der Waals surface area contributed by atoms with Gasteiger partial charge in [0.05, 0.1) is 9.35 Å². The summed E-state index contributed by atoms with van der Waals surface area (Å²) in [4.78, 5) is 12.6. The maximum Gasteiger partial charge on any atom is 0.181 e. The zero-order valence-corrected chi connectivity index (χ0v) is 12.4. The summed E-state index contributed by atoms with van der Waals surface area (Å²) < 4.78 is -0.433. The summed E-state index contributed by atoms with van der Waals surface area (Å²) in [5.41, 5.74) is 0.631. The zero-order chi connectivity index (χ0) is 12.6. The highest BCUT2D eigenvalue weighted by molar-refractivity contribution is 9.10. The minimum absolute atomic E-state index is 0.125. The van der Waals surface area contributed by atoms with Crippen LogP contribution in [0.3, 0.4) is 0 Å². The van der Waals surface area contributed by atoms with Gasteiger partial charge in [0.15, 0.2) is 5.78 Å². The van der Waals surface area contributed by atoms with E-state index < -0.39 is 4.32 Å². The third kappa shape index (κ3) is 2.30. The highest BCUT2D eigenvalue weighted by Crippen LogP contribution is 2.47. The van der Waals surface area contributed by atoms with Crippen molar-refractivity contribution in [1.82, 2.24) is 0 Å². The van der Waals surface area contributed by atoms with Crippen molar-refractivity contribution in [1.29, 1.82) is 0 Å². The Kier molecular flexibility index (Phi) is 3.65. The minimum atomic E-state index is -0.433. The van der Waals surface area contributed by atoms with E-state index in [-0.39, 0.29) is 5.78 Å². The van der Waals surface area contributed by atoms with Gasteiger partial charge in [-0.3, -0.25) is 4.79 Å². The smallest absolute Gasteiger partial charge is 0.181 e. The van der Waals surface area contributed by atoms with E-state index in [1.807, 2.05) is 18.2 Å². The molecule has 3 heteroatoms. The summed E-state index contributed by atoms with van der Waals surface area (Å²) >= 11 is 9.78. The molecule has 1 fully saturated rings. The molecule has 1 aromatic rings. The lowest BCUT2D eigenvalue weighted by Crippen LogP contribution is -2.34. The average molecular weight is 316 g/mol. The molecule has 0 bridgehead atoms. The molecule has 0 amide bonds. The lowest BCUT2D eigenvalue weighted by Gasteiger charge is -2.25. The van der Waals surface area contributed by atoms with E-state index in [0.717, 1.165) is 12.8 Å². The lowest BCUT2D eigenvalue weighted by molar-refractivity contribution is 0.0928. The highest BCUT2D eigenvalue weighted by atomic mass is 79.9. The normalized spacial score (nSPS) is 32.7. The van der Waals surface area contributed by atoms with Crippen LogP contribution in [0.1, 0.15) is 37.0 Å². The van der Waals surface area contributed by atoms with Gasteiger partial charge < -0.3 is 0 Å². The molecule has 0 radical (unpaired) electrons. The Bertz CT molecular complexity index is 446. The molecule has 0 saturated heterocycles. The molecule has 1 aromatic carbocycles. The van der Waals surface area contributed by atoms with Gasteiger partial charge in [-0.25, -0.2) is 0 Å². The Morgan fingerprint density at radius 1 is 1.41 bits per heavy atom. The summed E-state index contributed by atoms with van der Waals surface area (Å²) in [6, 6.07) is 7.29. The first-order chi connectivity index (χ1) is 7.95. The van der Waals surface area contributed by atoms with Gasteiger partial charge in [0.25, 0.3) is 0 Å². The van der Waals surface area contributed by atoms with Crippen LogP contribution in [0.4, 0.5) is 0 Å². The van der Waals surface area contributed by atoms with E-state index in [1.165, 1.54) is 0 Å². The van der Waals surface area contributed by atoms with Crippen molar-refractivity contribution in [2.24, 2.45) is 11.8 Å². The van der Waals surface area contributed by atoms with E-state index in [1.54, 1.807) is 6.07 Å². The first kappa shape index (κ1) is 13.1. The molecule has 0 spiro atoms.